The minimum absolute atomic E-state index is 0.172. The molecule has 31 heavy (non-hydrogen) atoms. The van der Waals surface area contributed by atoms with Crippen molar-refractivity contribution >= 4 is 23.5 Å². The highest BCUT2D eigenvalue weighted by Gasteiger charge is 2.23. The number of ether oxygens (including phenoxy) is 1. The number of nitrogen functional groups attached to an aromatic ring is 1. The molecule has 162 valence electrons. The third-order valence-corrected chi connectivity index (χ3v) is 7.03. The number of fused-ring (bicyclic) bond motifs is 2. The van der Waals surface area contributed by atoms with Gasteiger partial charge in [0.05, 0.1) is 12.9 Å². The van der Waals surface area contributed by atoms with Crippen molar-refractivity contribution in [1.82, 2.24) is 24.4 Å². The second-order valence-corrected chi connectivity index (χ2v) is 9.25. The van der Waals surface area contributed by atoms with Gasteiger partial charge in [0.2, 0.25) is 5.91 Å². The summed E-state index contributed by atoms with van der Waals surface area (Å²) in [6, 6.07) is 6.21. The molecule has 1 fully saturated rings. The van der Waals surface area contributed by atoms with E-state index in [1.807, 2.05) is 17.0 Å². The first-order valence-corrected chi connectivity index (χ1v) is 11.6. The van der Waals surface area contributed by atoms with E-state index in [1.54, 1.807) is 13.3 Å². The van der Waals surface area contributed by atoms with Crippen LogP contribution in [-0.4, -0.2) is 50.0 Å². The zero-order chi connectivity index (χ0) is 21.4. The Labute approximate surface area is 185 Å². The largest absolute Gasteiger partial charge is 0.493 e. The van der Waals surface area contributed by atoms with E-state index in [-0.39, 0.29) is 5.91 Å². The third kappa shape index (κ3) is 4.19. The number of piperidine rings is 1. The molecule has 9 heteroatoms. The number of carbonyl (C=O) groups excluding carboxylic acids is 1. The van der Waals surface area contributed by atoms with E-state index in [9.17, 15) is 4.79 Å². The van der Waals surface area contributed by atoms with E-state index >= 15 is 0 Å². The van der Waals surface area contributed by atoms with Gasteiger partial charge >= 0.3 is 0 Å². The molecule has 4 heterocycles. The van der Waals surface area contributed by atoms with Crippen LogP contribution in [-0.2, 0) is 17.8 Å². The molecule has 4 aliphatic heterocycles. The van der Waals surface area contributed by atoms with Gasteiger partial charge in [0.25, 0.3) is 0 Å². The van der Waals surface area contributed by atoms with Crippen molar-refractivity contribution in [2.75, 3.05) is 25.4 Å². The van der Waals surface area contributed by atoms with Crippen molar-refractivity contribution in [3.8, 4) is 17.3 Å². The summed E-state index contributed by atoms with van der Waals surface area (Å²) in [6.07, 6.45) is 5.81. The van der Waals surface area contributed by atoms with Crippen LogP contribution in [0.1, 0.15) is 31.7 Å². The molecule has 8 nitrogen and oxygen atoms in total. The van der Waals surface area contributed by atoms with Crippen LogP contribution in [0, 0.1) is 5.92 Å². The van der Waals surface area contributed by atoms with Gasteiger partial charge in [0.1, 0.15) is 5.75 Å². The summed E-state index contributed by atoms with van der Waals surface area (Å²) < 4.78 is 7.64. The van der Waals surface area contributed by atoms with Gasteiger partial charge in [-0.1, -0.05) is 0 Å². The molecule has 0 saturated carbocycles. The normalized spacial score (nSPS) is 16.5. The van der Waals surface area contributed by atoms with Gasteiger partial charge in [-0.05, 0) is 60.7 Å². The summed E-state index contributed by atoms with van der Waals surface area (Å²) >= 11 is 1.53. The second-order valence-electron chi connectivity index (χ2n) is 8.21. The number of aryl methyl sites for hydroxylation is 1. The lowest BCUT2D eigenvalue weighted by atomic mass is 9.93. The van der Waals surface area contributed by atoms with Crippen LogP contribution in [0.25, 0.3) is 11.5 Å². The lowest BCUT2D eigenvalue weighted by molar-refractivity contribution is -0.130. The Hall–Kier alpha value is -2.81. The SMILES string of the molecule is CC(=O)N1CCC(CCn2cnc(N)c3nc(Sc4ccc5c(c4)CCO5)nc2-3)CC1. The van der Waals surface area contributed by atoms with Gasteiger partial charge in [-0.25, -0.2) is 15.0 Å². The lowest BCUT2D eigenvalue weighted by Gasteiger charge is -2.31. The fourth-order valence-electron chi connectivity index (χ4n) is 4.33. The van der Waals surface area contributed by atoms with Gasteiger partial charge in [-0.2, -0.15) is 0 Å². The second kappa shape index (κ2) is 8.37. The highest BCUT2D eigenvalue weighted by Crippen LogP contribution is 2.35. The summed E-state index contributed by atoms with van der Waals surface area (Å²) in [5, 5.41) is 0.678. The van der Waals surface area contributed by atoms with Crippen LogP contribution in [0.3, 0.4) is 0 Å². The highest BCUT2D eigenvalue weighted by molar-refractivity contribution is 7.99. The number of hydrogen-bond acceptors (Lipinski definition) is 7. The quantitative estimate of drug-likeness (QED) is 0.653. The van der Waals surface area contributed by atoms with E-state index in [1.165, 1.54) is 17.3 Å². The van der Waals surface area contributed by atoms with E-state index < -0.39 is 0 Å². The maximum absolute atomic E-state index is 11.5. The third-order valence-electron chi connectivity index (χ3n) is 6.18. The Balaban J connectivity index is 1.29. The highest BCUT2D eigenvalue weighted by atomic mass is 32.2. The Morgan fingerprint density at radius 2 is 2.13 bits per heavy atom. The predicted molar refractivity (Wildman–Crippen MR) is 118 cm³/mol. The van der Waals surface area contributed by atoms with Crippen molar-refractivity contribution in [3.05, 3.63) is 30.1 Å². The molecule has 1 aromatic rings. The van der Waals surface area contributed by atoms with Crippen molar-refractivity contribution in [2.24, 2.45) is 5.92 Å². The van der Waals surface area contributed by atoms with Crippen LogP contribution in [0.5, 0.6) is 5.75 Å². The smallest absolute Gasteiger partial charge is 0.219 e. The molecule has 1 saturated heterocycles. The number of anilines is 1. The van der Waals surface area contributed by atoms with E-state index in [0.29, 0.717) is 22.6 Å². The molecule has 0 bridgehead atoms. The van der Waals surface area contributed by atoms with Gasteiger partial charge < -0.3 is 19.9 Å². The van der Waals surface area contributed by atoms with Gasteiger partial charge in [0, 0.05) is 37.9 Å². The van der Waals surface area contributed by atoms with Crippen molar-refractivity contribution in [2.45, 2.75) is 49.2 Å². The number of amides is 1. The first-order chi connectivity index (χ1) is 15.1. The van der Waals surface area contributed by atoms with Crippen molar-refractivity contribution in [1.29, 1.82) is 0 Å². The van der Waals surface area contributed by atoms with Crippen LogP contribution in [0.15, 0.2) is 34.6 Å². The Morgan fingerprint density at radius 1 is 1.29 bits per heavy atom. The number of imidazole rings is 1. The number of hydrogen-bond donors (Lipinski definition) is 1. The number of benzene rings is 1. The molecule has 0 unspecified atom stereocenters. The molecule has 0 aromatic heterocycles. The minimum atomic E-state index is 0.172. The molecule has 5 rings (SSSR count). The Kier molecular flexibility index (Phi) is 5.43. The predicted octanol–water partition coefficient (Wildman–Crippen LogP) is 3.09. The Morgan fingerprint density at radius 3 is 2.94 bits per heavy atom. The molecule has 0 radical (unpaired) electrons. The summed E-state index contributed by atoms with van der Waals surface area (Å²) in [5.41, 5.74) is 7.98. The lowest BCUT2D eigenvalue weighted by Crippen LogP contribution is -2.37. The molecule has 2 N–H and O–H groups in total. The van der Waals surface area contributed by atoms with E-state index in [0.717, 1.165) is 68.4 Å². The molecule has 1 amide bonds. The molecule has 0 spiro atoms. The van der Waals surface area contributed by atoms with Gasteiger partial charge in [-0.3, -0.25) is 4.79 Å². The fourth-order valence-corrected chi connectivity index (χ4v) is 5.15. The summed E-state index contributed by atoms with van der Waals surface area (Å²) in [7, 11) is 0. The first-order valence-electron chi connectivity index (χ1n) is 10.7. The van der Waals surface area contributed by atoms with Crippen molar-refractivity contribution < 1.29 is 9.53 Å². The summed E-state index contributed by atoms with van der Waals surface area (Å²) in [6.45, 7) is 4.91. The molecule has 0 atom stereocenters. The fraction of sp³-hybridized carbons (Fsp3) is 0.455. The zero-order valence-corrected chi connectivity index (χ0v) is 18.4. The van der Waals surface area contributed by atoms with Crippen LogP contribution >= 0.6 is 11.8 Å². The standard InChI is InChI=1S/C22H26N6O2S/c1-14(29)27-8-4-15(5-9-27)6-10-28-13-24-20(23)19-21(28)26-22(25-19)31-17-2-3-18-16(12-17)7-11-30-18/h2-3,12-13,15H,4-11,23H2,1H3. The van der Waals surface area contributed by atoms with Gasteiger partial charge in [-0.15, -0.1) is 0 Å². The average molecular weight is 439 g/mol. The Bertz CT molecular complexity index is 1080. The van der Waals surface area contributed by atoms with Crippen LogP contribution in [0.4, 0.5) is 5.82 Å². The number of rotatable bonds is 5. The summed E-state index contributed by atoms with van der Waals surface area (Å²) in [5.74, 6) is 2.92. The average Bonchev–Trinajstić information content (AvgIpc) is 3.41. The van der Waals surface area contributed by atoms with Gasteiger partial charge in [0.15, 0.2) is 22.5 Å². The topological polar surface area (TPSA) is 99.2 Å². The van der Waals surface area contributed by atoms with Crippen LogP contribution < -0.4 is 10.5 Å². The number of likely N-dealkylation sites (tertiary alicyclic amines) is 1. The molecular formula is C22H26N6O2S. The molecular weight excluding hydrogens is 412 g/mol. The number of nitrogens with two attached hydrogens (primary N) is 1. The van der Waals surface area contributed by atoms with Crippen molar-refractivity contribution in [3.63, 3.8) is 0 Å². The maximum Gasteiger partial charge on any atom is 0.219 e. The number of nitrogens with zero attached hydrogens (tertiary/aromatic N) is 5. The first kappa shape index (κ1) is 20.1. The maximum atomic E-state index is 11.5. The van der Waals surface area contributed by atoms with E-state index in [4.69, 9.17) is 15.5 Å². The summed E-state index contributed by atoms with van der Waals surface area (Å²) in [4.78, 5) is 28.3. The molecule has 1 aromatic carbocycles. The minimum Gasteiger partial charge on any atom is -0.493 e. The molecule has 4 aliphatic rings. The number of aromatic nitrogens is 4. The van der Waals surface area contributed by atoms with Crippen LogP contribution in [0.2, 0.25) is 0 Å². The monoisotopic (exact) mass is 438 g/mol. The van der Waals surface area contributed by atoms with E-state index in [2.05, 4.69) is 20.6 Å². The molecule has 0 aliphatic carbocycles. The number of carbonyl (C=O) groups is 1. The zero-order valence-electron chi connectivity index (χ0n) is 17.6.